The van der Waals surface area contributed by atoms with E-state index in [2.05, 4.69) is 27.3 Å². The van der Waals surface area contributed by atoms with Crippen molar-refractivity contribution in [3.8, 4) is 0 Å². The summed E-state index contributed by atoms with van der Waals surface area (Å²) >= 11 is 0. The summed E-state index contributed by atoms with van der Waals surface area (Å²) < 4.78 is 1.85. The van der Waals surface area contributed by atoms with Gasteiger partial charge >= 0.3 is 0 Å². The summed E-state index contributed by atoms with van der Waals surface area (Å²) in [6, 6.07) is 0. The summed E-state index contributed by atoms with van der Waals surface area (Å²) in [6.45, 7) is 3.14. The van der Waals surface area contributed by atoms with E-state index < -0.39 is 0 Å². The van der Waals surface area contributed by atoms with Crippen molar-refractivity contribution in [2.24, 2.45) is 0 Å². The SMILES string of the molecule is CCCCCNn1cnc2cncnc21. The molecular formula is C10H15N5. The van der Waals surface area contributed by atoms with Gasteiger partial charge in [-0.25, -0.2) is 19.6 Å². The number of imidazole rings is 1. The van der Waals surface area contributed by atoms with Gasteiger partial charge in [0.25, 0.3) is 0 Å². The Balaban J connectivity index is 2.02. The Kier molecular flexibility index (Phi) is 3.11. The summed E-state index contributed by atoms with van der Waals surface area (Å²) in [5.74, 6) is 0. The number of nitrogens with zero attached hydrogens (tertiary/aromatic N) is 4. The maximum Gasteiger partial charge on any atom is 0.181 e. The fourth-order valence-electron chi connectivity index (χ4n) is 1.46. The molecule has 2 aromatic rings. The van der Waals surface area contributed by atoms with Crippen LogP contribution in [0.25, 0.3) is 11.2 Å². The zero-order valence-corrected chi connectivity index (χ0v) is 8.85. The molecule has 0 saturated carbocycles. The van der Waals surface area contributed by atoms with Crippen LogP contribution in [0.3, 0.4) is 0 Å². The molecule has 5 heteroatoms. The lowest BCUT2D eigenvalue weighted by molar-refractivity contribution is 0.705. The maximum atomic E-state index is 4.19. The number of unbranched alkanes of at least 4 members (excludes halogenated alkanes) is 2. The fraction of sp³-hybridized carbons (Fsp3) is 0.500. The molecule has 1 N–H and O–H groups in total. The lowest BCUT2D eigenvalue weighted by Gasteiger charge is -2.06. The number of fused-ring (bicyclic) bond motifs is 1. The molecular weight excluding hydrogens is 190 g/mol. The van der Waals surface area contributed by atoms with Crippen LogP contribution < -0.4 is 5.43 Å². The van der Waals surface area contributed by atoms with E-state index in [1.54, 1.807) is 12.5 Å². The third kappa shape index (κ3) is 2.23. The molecule has 0 bridgehead atoms. The number of nitrogens with one attached hydrogen (secondary N) is 1. The summed E-state index contributed by atoms with van der Waals surface area (Å²) in [4.78, 5) is 12.3. The van der Waals surface area contributed by atoms with Crippen LogP contribution in [-0.2, 0) is 0 Å². The fourth-order valence-corrected chi connectivity index (χ4v) is 1.46. The highest BCUT2D eigenvalue weighted by Gasteiger charge is 2.01. The first-order valence-electron chi connectivity index (χ1n) is 5.28. The molecule has 0 aromatic carbocycles. The average Bonchev–Trinajstić information content (AvgIpc) is 2.68. The second kappa shape index (κ2) is 4.72. The summed E-state index contributed by atoms with van der Waals surface area (Å²) in [5.41, 5.74) is 4.92. The van der Waals surface area contributed by atoms with Gasteiger partial charge in [0, 0.05) is 6.54 Å². The molecule has 2 aromatic heterocycles. The predicted molar refractivity (Wildman–Crippen MR) is 59.1 cm³/mol. The number of aromatic nitrogens is 4. The van der Waals surface area contributed by atoms with Crippen LogP contribution >= 0.6 is 0 Å². The lowest BCUT2D eigenvalue weighted by atomic mass is 10.2. The molecule has 0 aliphatic heterocycles. The van der Waals surface area contributed by atoms with Crippen molar-refractivity contribution < 1.29 is 0 Å². The van der Waals surface area contributed by atoms with Gasteiger partial charge < -0.3 is 5.43 Å². The van der Waals surface area contributed by atoms with Crippen LogP contribution in [0.4, 0.5) is 0 Å². The highest BCUT2D eigenvalue weighted by atomic mass is 15.4. The van der Waals surface area contributed by atoms with Crippen molar-refractivity contribution in [2.45, 2.75) is 26.2 Å². The highest BCUT2D eigenvalue weighted by Crippen LogP contribution is 2.04. The number of hydrogen-bond acceptors (Lipinski definition) is 4. The molecule has 0 amide bonds. The average molecular weight is 205 g/mol. The molecule has 2 rings (SSSR count). The number of rotatable bonds is 5. The molecule has 80 valence electrons. The molecule has 0 saturated heterocycles. The van der Waals surface area contributed by atoms with E-state index in [4.69, 9.17) is 0 Å². The summed E-state index contributed by atoms with van der Waals surface area (Å²) in [5, 5.41) is 0. The van der Waals surface area contributed by atoms with Gasteiger partial charge in [0.1, 0.15) is 18.2 Å². The van der Waals surface area contributed by atoms with Gasteiger partial charge in [-0.05, 0) is 6.42 Å². The molecule has 0 unspecified atom stereocenters. The molecule has 15 heavy (non-hydrogen) atoms. The van der Waals surface area contributed by atoms with E-state index in [1.807, 2.05) is 4.68 Å². The van der Waals surface area contributed by atoms with Gasteiger partial charge in [0.15, 0.2) is 5.65 Å². The molecule has 0 spiro atoms. The van der Waals surface area contributed by atoms with Crippen LogP contribution in [0.1, 0.15) is 26.2 Å². The topological polar surface area (TPSA) is 55.6 Å². The molecule has 0 radical (unpaired) electrons. The van der Waals surface area contributed by atoms with Gasteiger partial charge in [0.2, 0.25) is 0 Å². The van der Waals surface area contributed by atoms with Crippen LogP contribution in [0.5, 0.6) is 0 Å². The second-order valence-corrected chi connectivity index (χ2v) is 3.46. The minimum Gasteiger partial charge on any atom is -0.323 e. The van der Waals surface area contributed by atoms with Crippen LogP contribution in [-0.4, -0.2) is 26.2 Å². The minimum absolute atomic E-state index is 0.820. The van der Waals surface area contributed by atoms with Crippen molar-refractivity contribution in [3.05, 3.63) is 18.9 Å². The largest absolute Gasteiger partial charge is 0.323 e. The summed E-state index contributed by atoms with van der Waals surface area (Å²) in [6.07, 6.45) is 8.64. The Morgan fingerprint density at radius 3 is 3.13 bits per heavy atom. The van der Waals surface area contributed by atoms with Crippen LogP contribution in [0, 0.1) is 0 Å². The van der Waals surface area contributed by atoms with Crippen molar-refractivity contribution in [1.82, 2.24) is 19.6 Å². The zero-order valence-electron chi connectivity index (χ0n) is 8.85. The first kappa shape index (κ1) is 9.89. The van der Waals surface area contributed by atoms with Crippen molar-refractivity contribution >= 4 is 11.2 Å². The predicted octanol–water partition coefficient (Wildman–Crippen LogP) is 1.56. The third-order valence-corrected chi connectivity index (χ3v) is 2.28. The highest BCUT2D eigenvalue weighted by molar-refractivity contribution is 5.69. The molecule has 0 aliphatic rings. The van der Waals surface area contributed by atoms with Gasteiger partial charge in [-0.15, -0.1) is 0 Å². The van der Waals surface area contributed by atoms with Crippen molar-refractivity contribution in [2.75, 3.05) is 12.0 Å². The van der Waals surface area contributed by atoms with E-state index in [-0.39, 0.29) is 0 Å². The molecule has 0 atom stereocenters. The number of hydrogen-bond donors (Lipinski definition) is 1. The normalized spacial score (nSPS) is 10.7. The minimum atomic E-state index is 0.820. The van der Waals surface area contributed by atoms with Crippen molar-refractivity contribution in [1.29, 1.82) is 0 Å². The van der Waals surface area contributed by atoms with E-state index in [0.29, 0.717) is 0 Å². The molecule has 2 heterocycles. The molecule has 0 fully saturated rings. The lowest BCUT2D eigenvalue weighted by Crippen LogP contribution is -2.15. The van der Waals surface area contributed by atoms with Crippen LogP contribution in [0.2, 0.25) is 0 Å². The molecule has 5 nitrogen and oxygen atoms in total. The van der Waals surface area contributed by atoms with Gasteiger partial charge in [0.05, 0.1) is 6.20 Å². The Morgan fingerprint density at radius 1 is 1.33 bits per heavy atom. The maximum absolute atomic E-state index is 4.19. The molecule has 0 aliphatic carbocycles. The Labute approximate surface area is 88.5 Å². The second-order valence-electron chi connectivity index (χ2n) is 3.46. The monoisotopic (exact) mass is 205 g/mol. The van der Waals surface area contributed by atoms with Crippen LogP contribution in [0.15, 0.2) is 18.9 Å². The Morgan fingerprint density at radius 2 is 2.27 bits per heavy atom. The first-order chi connectivity index (χ1) is 7.42. The van der Waals surface area contributed by atoms with E-state index in [0.717, 1.165) is 17.7 Å². The van der Waals surface area contributed by atoms with Gasteiger partial charge in [-0.1, -0.05) is 19.8 Å². The first-order valence-corrected chi connectivity index (χ1v) is 5.28. The van der Waals surface area contributed by atoms with E-state index in [9.17, 15) is 0 Å². The quantitative estimate of drug-likeness (QED) is 0.753. The summed E-state index contributed by atoms with van der Waals surface area (Å²) in [7, 11) is 0. The van der Waals surface area contributed by atoms with Gasteiger partial charge in [-0.3, -0.25) is 0 Å². The van der Waals surface area contributed by atoms with E-state index in [1.165, 1.54) is 25.6 Å². The standard InChI is InChI=1S/C10H15N5/c1-2-3-4-5-14-15-8-13-9-6-11-7-12-10(9)15/h6-8,14H,2-5H2,1H3. The Bertz CT molecular complexity index is 422. The zero-order chi connectivity index (χ0) is 10.5. The van der Waals surface area contributed by atoms with Gasteiger partial charge in [-0.2, -0.15) is 0 Å². The Hall–Kier alpha value is -1.65. The third-order valence-electron chi connectivity index (χ3n) is 2.28. The smallest absolute Gasteiger partial charge is 0.181 e. The van der Waals surface area contributed by atoms with Crippen molar-refractivity contribution in [3.63, 3.8) is 0 Å². The van der Waals surface area contributed by atoms with E-state index >= 15 is 0 Å².